The Morgan fingerprint density at radius 1 is 0.659 bits per heavy atom. The number of hydrogen-bond acceptors (Lipinski definition) is 9. The summed E-state index contributed by atoms with van der Waals surface area (Å²) in [6.07, 6.45) is -5.99. The molecule has 0 aromatic heterocycles. The van der Waals surface area contributed by atoms with E-state index in [4.69, 9.17) is 21.4 Å². The third-order valence-electron chi connectivity index (χ3n) is 5.19. The molecule has 3 aromatic rings. The quantitative estimate of drug-likeness (QED) is 0.0907. The highest BCUT2D eigenvalue weighted by Gasteiger charge is 2.30. The standard InChI is InChI=1S/C22H8Cl2F7O9PS3/c23-42(33,34)15-7-9(1-4-12(15)39-21(29)19(25)26)11-3-6-14(41-32)17(18(11)44(31,37)38)10-2-5-13(40-22(30)20(27)28)16(8-10)43(24,35)36/h1-8H. The smallest absolute Gasteiger partial charge is 0.344 e. The maximum absolute atomic E-state index is 14.9. The molecule has 0 heterocycles. The van der Waals surface area contributed by atoms with Gasteiger partial charge in [0.05, 0.1) is 5.30 Å². The first-order valence-electron chi connectivity index (χ1n) is 10.6. The SMILES string of the molecule is O=Pc1ccc(-c2ccc(OC(F)=C(F)F)c(S(=O)(=O)Cl)c2)c(S(=O)(=O)F)c1-c1ccc(OC(F)=C(F)F)c(S(=O)(=O)Cl)c1. The molecule has 0 unspecified atom stereocenters. The summed E-state index contributed by atoms with van der Waals surface area (Å²) in [6.45, 7) is 0. The van der Waals surface area contributed by atoms with Crippen LogP contribution in [0.3, 0.4) is 0 Å². The molecule has 0 atom stereocenters. The molecule has 0 radical (unpaired) electrons. The zero-order valence-electron chi connectivity index (χ0n) is 20.4. The molecular formula is C22H8Cl2F7O9PS3. The third-order valence-corrected chi connectivity index (χ3v) is 9.35. The van der Waals surface area contributed by atoms with Crippen LogP contribution in [0.2, 0.25) is 0 Å². The molecule has 3 aromatic carbocycles. The van der Waals surface area contributed by atoms with Crippen molar-refractivity contribution in [3.63, 3.8) is 0 Å². The van der Waals surface area contributed by atoms with Crippen LogP contribution in [0.4, 0.5) is 30.2 Å². The van der Waals surface area contributed by atoms with Crippen molar-refractivity contribution in [2.45, 2.75) is 14.7 Å². The zero-order valence-corrected chi connectivity index (χ0v) is 25.2. The van der Waals surface area contributed by atoms with E-state index in [-0.39, 0.29) is 0 Å². The molecule has 0 saturated carbocycles. The van der Waals surface area contributed by atoms with E-state index < -0.39 is 115 Å². The lowest BCUT2D eigenvalue weighted by molar-refractivity contribution is 0.237. The normalized spacial score (nSPS) is 12.1. The molecule has 0 aliphatic rings. The Kier molecular flexibility index (Phi) is 10.4. The van der Waals surface area contributed by atoms with Crippen LogP contribution in [0, 0.1) is 0 Å². The Balaban J connectivity index is 2.45. The van der Waals surface area contributed by atoms with Crippen LogP contribution >= 0.6 is 29.8 Å². The van der Waals surface area contributed by atoms with Crippen LogP contribution < -0.4 is 14.8 Å². The van der Waals surface area contributed by atoms with Crippen LogP contribution in [-0.2, 0) is 32.9 Å². The van der Waals surface area contributed by atoms with Crippen molar-refractivity contribution >= 4 is 63.5 Å². The lowest BCUT2D eigenvalue weighted by Crippen LogP contribution is -2.09. The second-order valence-corrected chi connectivity index (χ2v) is 14.9. The lowest BCUT2D eigenvalue weighted by Gasteiger charge is -2.17. The minimum atomic E-state index is -5.97. The molecule has 0 saturated heterocycles. The molecule has 3 rings (SSSR count). The Hall–Kier alpha value is -3.22. The van der Waals surface area contributed by atoms with E-state index in [1.165, 1.54) is 0 Å². The van der Waals surface area contributed by atoms with E-state index in [1.807, 2.05) is 0 Å². The van der Waals surface area contributed by atoms with Crippen molar-refractivity contribution in [2.24, 2.45) is 0 Å². The van der Waals surface area contributed by atoms with Gasteiger partial charge in [-0.15, -0.1) is 3.89 Å². The molecule has 236 valence electrons. The van der Waals surface area contributed by atoms with Gasteiger partial charge in [0.25, 0.3) is 18.1 Å². The van der Waals surface area contributed by atoms with E-state index in [0.29, 0.717) is 24.3 Å². The largest absolute Gasteiger partial charge is 0.426 e. The predicted molar refractivity (Wildman–Crippen MR) is 141 cm³/mol. The average Bonchev–Trinajstić information content (AvgIpc) is 2.90. The van der Waals surface area contributed by atoms with Gasteiger partial charge in [-0.25, -0.2) is 16.8 Å². The molecule has 22 heteroatoms. The fraction of sp³-hybridized carbons (Fsp3) is 0. The second kappa shape index (κ2) is 13.0. The molecule has 0 aliphatic carbocycles. The molecule has 0 spiro atoms. The van der Waals surface area contributed by atoms with Gasteiger partial charge in [0.1, 0.15) is 26.2 Å². The van der Waals surface area contributed by atoms with Gasteiger partial charge in [-0.2, -0.15) is 34.8 Å². The van der Waals surface area contributed by atoms with Gasteiger partial charge >= 0.3 is 34.4 Å². The minimum Gasteiger partial charge on any atom is -0.426 e. The number of ether oxygens (including phenoxy) is 2. The monoisotopic (exact) mass is 746 g/mol. The maximum atomic E-state index is 14.9. The number of rotatable bonds is 10. The predicted octanol–water partition coefficient (Wildman–Crippen LogP) is 7.28. The van der Waals surface area contributed by atoms with Gasteiger partial charge in [-0.1, -0.05) is 18.2 Å². The van der Waals surface area contributed by atoms with Gasteiger partial charge in [-0.3, -0.25) is 4.57 Å². The summed E-state index contributed by atoms with van der Waals surface area (Å²) in [5.41, 5.74) is -2.77. The highest BCUT2D eigenvalue weighted by molar-refractivity contribution is 8.14. The van der Waals surface area contributed by atoms with Crippen molar-refractivity contribution in [3.8, 4) is 33.8 Å². The van der Waals surface area contributed by atoms with E-state index in [2.05, 4.69) is 9.47 Å². The van der Waals surface area contributed by atoms with Crippen molar-refractivity contribution in [3.05, 3.63) is 72.7 Å². The van der Waals surface area contributed by atoms with Gasteiger partial charge in [0, 0.05) is 32.5 Å². The Morgan fingerprint density at radius 2 is 1.09 bits per heavy atom. The van der Waals surface area contributed by atoms with Crippen molar-refractivity contribution in [2.75, 3.05) is 0 Å². The highest BCUT2D eigenvalue weighted by atomic mass is 35.7. The summed E-state index contributed by atoms with van der Waals surface area (Å²) < 4.78 is 186. The van der Waals surface area contributed by atoms with Gasteiger partial charge in [0.15, 0.2) is 8.46 Å². The van der Waals surface area contributed by atoms with E-state index in [9.17, 15) is 60.0 Å². The fourth-order valence-corrected chi connectivity index (χ4v) is 6.99. The summed E-state index contributed by atoms with van der Waals surface area (Å²) >= 11 is 0. The molecule has 0 amide bonds. The van der Waals surface area contributed by atoms with Crippen molar-refractivity contribution in [1.82, 2.24) is 0 Å². The van der Waals surface area contributed by atoms with Crippen LogP contribution in [0.1, 0.15) is 0 Å². The highest BCUT2D eigenvalue weighted by Crippen LogP contribution is 2.42. The molecule has 0 fully saturated rings. The average molecular weight is 747 g/mol. The Bertz CT molecular complexity index is 2080. The summed E-state index contributed by atoms with van der Waals surface area (Å²) in [5, 5.41) is -0.548. The first-order valence-corrected chi connectivity index (χ1v) is 17.4. The second-order valence-electron chi connectivity index (χ2n) is 7.84. The first kappa shape index (κ1) is 35.3. The third kappa shape index (κ3) is 7.89. The molecule has 9 nitrogen and oxygen atoms in total. The number of benzene rings is 3. The Labute approximate surface area is 253 Å². The number of hydrogen-bond donors (Lipinski definition) is 0. The van der Waals surface area contributed by atoms with Crippen molar-refractivity contribution in [1.29, 1.82) is 0 Å². The molecule has 0 N–H and O–H groups in total. The molecule has 44 heavy (non-hydrogen) atoms. The number of halogens is 9. The minimum absolute atomic E-state index is 0.440. The summed E-state index contributed by atoms with van der Waals surface area (Å²) in [6, 6.07) is 0.133. The van der Waals surface area contributed by atoms with E-state index in [1.54, 1.807) is 0 Å². The topological polar surface area (TPSA) is 138 Å². The summed E-state index contributed by atoms with van der Waals surface area (Å²) in [5.74, 6) is -2.23. The zero-order chi connectivity index (χ0) is 33.4. The van der Waals surface area contributed by atoms with Crippen LogP contribution in [-0.4, -0.2) is 25.3 Å². The molecular weight excluding hydrogens is 739 g/mol. The lowest BCUT2D eigenvalue weighted by atomic mass is 9.98. The fourth-order valence-electron chi connectivity index (χ4n) is 3.57. The van der Waals surface area contributed by atoms with E-state index >= 15 is 0 Å². The first-order chi connectivity index (χ1) is 20.2. The van der Waals surface area contributed by atoms with Crippen molar-refractivity contribution < 1.29 is 69.5 Å². The molecule has 0 bridgehead atoms. The summed E-state index contributed by atoms with van der Waals surface area (Å²) in [4.78, 5) is -3.82. The van der Waals surface area contributed by atoms with Gasteiger partial charge in [-0.05, 0) is 41.5 Å². The van der Waals surface area contributed by atoms with Crippen LogP contribution in [0.15, 0.2) is 87.4 Å². The Morgan fingerprint density at radius 3 is 1.48 bits per heavy atom. The van der Waals surface area contributed by atoms with Gasteiger partial charge in [0.2, 0.25) is 0 Å². The van der Waals surface area contributed by atoms with Crippen LogP contribution in [0.25, 0.3) is 22.3 Å². The van der Waals surface area contributed by atoms with Gasteiger partial charge < -0.3 is 9.47 Å². The molecule has 0 aliphatic heterocycles. The summed E-state index contributed by atoms with van der Waals surface area (Å²) in [7, 11) is -6.36. The van der Waals surface area contributed by atoms with E-state index in [0.717, 1.165) is 24.3 Å². The maximum Gasteiger partial charge on any atom is 0.344 e. The van der Waals surface area contributed by atoms with Crippen LogP contribution in [0.5, 0.6) is 11.5 Å².